The van der Waals surface area contributed by atoms with Crippen molar-refractivity contribution in [3.05, 3.63) is 53.9 Å². The number of hydrogen-bond acceptors (Lipinski definition) is 6. The average Bonchev–Trinajstić information content (AvgIpc) is 2.83. The Hall–Kier alpha value is -3.46. The van der Waals surface area contributed by atoms with E-state index in [0.717, 1.165) is 0 Å². The van der Waals surface area contributed by atoms with Crippen LogP contribution in [0.5, 0.6) is 5.75 Å². The van der Waals surface area contributed by atoms with Gasteiger partial charge in [0.25, 0.3) is 5.91 Å². The molecule has 3 amide bonds. The first-order chi connectivity index (χ1) is 16.7. The summed E-state index contributed by atoms with van der Waals surface area (Å²) < 4.78 is 11.8. The Bertz CT molecular complexity index is 1050. The maximum absolute atomic E-state index is 13.3. The molecule has 35 heavy (non-hydrogen) atoms. The van der Waals surface area contributed by atoms with E-state index in [0.29, 0.717) is 35.8 Å². The number of nitrogens with zero attached hydrogens (tertiary/aromatic N) is 3. The van der Waals surface area contributed by atoms with Crippen LogP contribution in [-0.4, -0.2) is 78.5 Å². The summed E-state index contributed by atoms with van der Waals surface area (Å²) in [6, 6.07) is 10.2. The molecule has 2 heterocycles. The highest BCUT2D eigenvalue weighted by molar-refractivity contribution is 5.99. The lowest BCUT2D eigenvalue weighted by atomic mass is 10.0. The Morgan fingerprint density at radius 2 is 1.97 bits per heavy atom. The van der Waals surface area contributed by atoms with Gasteiger partial charge < -0.3 is 24.6 Å². The predicted octanol–water partition coefficient (Wildman–Crippen LogP) is 2.62. The lowest BCUT2D eigenvalue weighted by molar-refractivity contribution is -0.134. The van der Waals surface area contributed by atoms with Crippen molar-refractivity contribution in [2.75, 3.05) is 39.2 Å². The third-order valence-corrected chi connectivity index (χ3v) is 6.14. The van der Waals surface area contributed by atoms with Gasteiger partial charge in [0.15, 0.2) is 0 Å². The van der Waals surface area contributed by atoms with Crippen molar-refractivity contribution in [2.24, 2.45) is 5.92 Å². The van der Waals surface area contributed by atoms with Crippen molar-refractivity contribution in [1.29, 1.82) is 0 Å². The van der Waals surface area contributed by atoms with E-state index in [1.54, 1.807) is 48.4 Å². The zero-order valence-electron chi connectivity index (χ0n) is 21.0. The highest BCUT2D eigenvalue weighted by Gasteiger charge is 2.30. The first-order valence-corrected chi connectivity index (χ1v) is 11.7. The van der Waals surface area contributed by atoms with E-state index < -0.39 is 0 Å². The minimum absolute atomic E-state index is 0.0463. The van der Waals surface area contributed by atoms with Crippen LogP contribution in [0, 0.1) is 5.92 Å². The van der Waals surface area contributed by atoms with Crippen LogP contribution < -0.4 is 10.1 Å². The second-order valence-electron chi connectivity index (χ2n) is 9.03. The maximum atomic E-state index is 13.3. The van der Waals surface area contributed by atoms with Gasteiger partial charge in [0.2, 0.25) is 11.8 Å². The molecule has 1 aromatic heterocycles. The fourth-order valence-corrected chi connectivity index (χ4v) is 4.16. The molecule has 0 aliphatic carbocycles. The van der Waals surface area contributed by atoms with Crippen molar-refractivity contribution in [1.82, 2.24) is 14.8 Å². The summed E-state index contributed by atoms with van der Waals surface area (Å²) >= 11 is 0. The second-order valence-corrected chi connectivity index (χ2v) is 9.03. The molecule has 188 valence electrons. The van der Waals surface area contributed by atoms with Crippen LogP contribution in [0.3, 0.4) is 0 Å². The van der Waals surface area contributed by atoms with Crippen molar-refractivity contribution < 1.29 is 23.9 Å². The normalized spacial score (nSPS) is 21.3. The van der Waals surface area contributed by atoms with Gasteiger partial charge in [-0.25, -0.2) is 0 Å². The Balaban J connectivity index is 1.94. The number of anilines is 1. The summed E-state index contributed by atoms with van der Waals surface area (Å²) in [6.07, 6.45) is 1.57. The van der Waals surface area contributed by atoms with Crippen molar-refractivity contribution in [3.63, 3.8) is 0 Å². The van der Waals surface area contributed by atoms with E-state index >= 15 is 0 Å². The largest absolute Gasteiger partial charge is 0.491 e. The van der Waals surface area contributed by atoms with Crippen LogP contribution in [0.15, 0.2) is 42.6 Å². The molecule has 3 atom stereocenters. The summed E-state index contributed by atoms with van der Waals surface area (Å²) in [5.41, 5.74) is 1.54. The zero-order chi connectivity index (χ0) is 25.5. The smallest absolute Gasteiger partial charge is 0.257 e. The quantitative estimate of drug-likeness (QED) is 0.719. The molecular weight excluding hydrogens is 448 g/mol. The van der Waals surface area contributed by atoms with E-state index in [9.17, 15) is 14.4 Å². The third kappa shape index (κ3) is 6.79. The molecule has 0 radical (unpaired) electrons. The van der Waals surface area contributed by atoms with Gasteiger partial charge in [0.05, 0.1) is 24.1 Å². The van der Waals surface area contributed by atoms with Crippen LogP contribution in [-0.2, 0) is 20.7 Å². The van der Waals surface area contributed by atoms with E-state index in [-0.39, 0.29) is 48.8 Å². The van der Waals surface area contributed by atoms with Crippen LogP contribution in [0.1, 0.15) is 36.8 Å². The molecule has 9 heteroatoms. The highest BCUT2D eigenvalue weighted by Crippen LogP contribution is 2.26. The lowest BCUT2D eigenvalue weighted by Gasteiger charge is -2.36. The van der Waals surface area contributed by atoms with Gasteiger partial charge in [-0.05, 0) is 37.3 Å². The summed E-state index contributed by atoms with van der Waals surface area (Å²) in [7, 11) is 3.31. The number of hydrogen-bond donors (Lipinski definition) is 1. The Kier molecular flexibility index (Phi) is 8.81. The molecule has 0 unspecified atom stereocenters. The molecule has 0 saturated heterocycles. The number of nitrogens with one attached hydrogen (secondary N) is 1. The Labute approximate surface area is 206 Å². The van der Waals surface area contributed by atoms with E-state index in [2.05, 4.69) is 10.3 Å². The lowest BCUT2D eigenvalue weighted by Crippen LogP contribution is -2.49. The van der Waals surface area contributed by atoms with Gasteiger partial charge in [0, 0.05) is 57.7 Å². The number of pyridine rings is 1. The highest BCUT2D eigenvalue weighted by atomic mass is 16.5. The number of rotatable bonds is 4. The summed E-state index contributed by atoms with van der Waals surface area (Å²) in [5.74, 6) is -0.178. The molecule has 1 aromatic carbocycles. The van der Waals surface area contributed by atoms with Gasteiger partial charge >= 0.3 is 0 Å². The van der Waals surface area contributed by atoms with E-state index in [1.807, 2.05) is 32.0 Å². The number of ether oxygens (including phenoxy) is 2. The fourth-order valence-electron chi connectivity index (χ4n) is 4.16. The number of methoxy groups -OCH3 is 1. The summed E-state index contributed by atoms with van der Waals surface area (Å²) in [5, 5.41) is 2.71. The van der Waals surface area contributed by atoms with Crippen molar-refractivity contribution in [3.8, 4) is 5.75 Å². The number of carbonyl (C=O) groups excluding carboxylic acids is 3. The summed E-state index contributed by atoms with van der Waals surface area (Å²) in [4.78, 5) is 45.9. The third-order valence-electron chi connectivity index (χ3n) is 6.14. The van der Waals surface area contributed by atoms with Crippen LogP contribution in [0.4, 0.5) is 5.69 Å². The molecule has 0 bridgehead atoms. The molecule has 0 saturated carbocycles. The summed E-state index contributed by atoms with van der Waals surface area (Å²) in [6.45, 7) is 6.32. The number of aromatic nitrogens is 1. The molecule has 1 N–H and O–H groups in total. The molecule has 0 spiro atoms. The van der Waals surface area contributed by atoms with Crippen molar-refractivity contribution >= 4 is 23.4 Å². The van der Waals surface area contributed by atoms with Crippen LogP contribution >= 0.6 is 0 Å². The number of fused-ring (bicyclic) bond motifs is 1. The fraction of sp³-hybridized carbons (Fsp3) is 0.462. The predicted molar refractivity (Wildman–Crippen MR) is 132 cm³/mol. The SMILES string of the molecule is CO[C@H]1CN(C)C(=O)c2cc(NC(C)=O)ccc2OC[C@H](C)N(C(=O)Cc2ccccn2)C[C@H]1C. The van der Waals surface area contributed by atoms with Crippen LogP contribution in [0.25, 0.3) is 0 Å². The number of carbonyl (C=O) groups is 3. The minimum atomic E-state index is -0.288. The van der Waals surface area contributed by atoms with Gasteiger partial charge in [-0.15, -0.1) is 0 Å². The van der Waals surface area contributed by atoms with E-state index in [4.69, 9.17) is 9.47 Å². The van der Waals surface area contributed by atoms with Crippen molar-refractivity contribution in [2.45, 2.75) is 39.3 Å². The average molecular weight is 483 g/mol. The first kappa shape index (κ1) is 26.2. The van der Waals surface area contributed by atoms with Gasteiger partial charge in [-0.1, -0.05) is 13.0 Å². The van der Waals surface area contributed by atoms with E-state index in [1.165, 1.54) is 6.92 Å². The Morgan fingerprint density at radius 3 is 2.63 bits per heavy atom. The van der Waals surface area contributed by atoms with Gasteiger partial charge in [-0.3, -0.25) is 19.4 Å². The zero-order valence-corrected chi connectivity index (χ0v) is 21.0. The van der Waals surface area contributed by atoms with Gasteiger partial charge in [-0.2, -0.15) is 0 Å². The number of amides is 3. The molecule has 0 fully saturated rings. The maximum Gasteiger partial charge on any atom is 0.257 e. The molecule has 1 aliphatic rings. The molecular formula is C26H34N4O5. The monoisotopic (exact) mass is 482 g/mol. The second kappa shape index (κ2) is 11.8. The first-order valence-electron chi connectivity index (χ1n) is 11.7. The topological polar surface area (TPSA) is 101 Å². The number of likely N-dealkylation sites (N-methyl/N-ethyl adjacent to an activating group) is 1. The molecule has 3 rings (SSSR count). The molecule has 2 aromatic rings. The standard InChI is InChI=1S/C26H34N4O5/c1-17-14-30(25(32)13-20-8-6-7-11-27-20)18(2)16-35-23-10-9-21(28-19(3)31)12-22(23)26(33)29(4)15-24(17)34-5/h6-12,17-18,24H,13-16H2,1-5H3,(H,28,31)/t17-,18+,24+/m1/s1. The Morgan fingerprint density at radius 1 is 1.20 bits per heavy atom. The van der Waals surface area contributed by atoms with Gasteiger partial charge in [0.1, 0.15) is 12.4 Å². The number of benzene rings is 1. The minimum Gasteiger partial charge on any atom is -0.491 e. The van der Waals surface area contributed by atoms with Crippen LogP contribution in [0.2, 0.25) is 0 Å². The molecule has 1 aliphatic heterocycles. The molecule has 9 nitrogen and oxygen atoms in total.